The number of rotatable bonds is 5. The fourth-order valence-corrected chi connectivity index (χ4v) is 7.43. The Bertz CT molecular complexity index is 2480. The van der Waals surface area contributed by atoms with Crippen LogP contribution in [-0.4, -0.2) is 19.9 Å². The van der Waals surface area contributed by atoms with E-state index >= 15 is 0 Å². The highest BCUT2D eigenvalue weighted by Crippen LogP contribution is 2.43. The number of hydrogen-bond donors (Lipinski definition) is 0. The van der Waals surface area contributed by atoms with Gasteiger partial charge in [-0.15, -0.1) is 11.3 Å². The van der Waals surface area contributed by atoms with Crippen molar-refractivity contribution in [2.45, 2.75) is 0 Å². The number of hydrogen-bond acceptors (Lipinski definition) is 5. The third-order valence-corrected chi connectivity index (χ3v) is 9.73. The molecule has 0 bridgehead atoms. The van der Waals surface area contributed by atoms with Crippen molar-refractivity contribution in [2.24, 2.45) is 0 Å². The van der Waals surface area contributed by atoms with Crippen molar-refractivity contribution < 1.29 is 0 Å². The molecule has 3 aromatic heterocycles. The van der Waals surface area contributed by atoms with E-state index in [2.05, 4.69) is 97.1 Å². The Balaban J connectivity index is 1.09. The molecule has 0 atom stereocenters. The topological polar surface area (TPSA) is 51.6 Å². The molecule has 6 aromatic carbocycles. The smallest absolute Gasteiger partial charge is 0.164 e. The molecule has 0 saturated carbocycles. The molecular formula is C42H26N4S. The van der Waals surface area contributed by atoms with Gasteiger partial charge in [-0.3, -0.25) is 0 Å². The molecule has 4 nitrogen and oxygen atoms in total. The summed E-state index contributed by atoms with van der Waals surface area (Å²) >= 11 is 1.82. The average Bonchev–Trinajstić information content (AvgIpc) is 3.52. The van der Waals surface area contributed by atoms with Gasteiger partial charge in [-0.2, -0.15) is 0 Å². The van der Waals surface area contributed by atoms with Gasteiger partial charge in [0.05, 0.1) is 15.7 Å². The maximum atomic E-state index is 5.09. The maximum Gasteiger partial charge on any atom is 0.164 e. The van der Waals surface area contributed by atoms with Gasteiger partial charge in [0.25, 0.3) is 0 Å². The van der Waals surface area contributed by atoms with Crippen molar-refractivity contribution >= 4 is 42.5 Å². The molecule has 0 aliphatic rings. The number of para-hydroxylation sites is 1. The summed E-state index contributed by atoms with van der Waals surface area (Å²) in [5.74, 6) is 1.97. The summed E-state index contributed by atoms with van der Waals surface area (Å²) in [6.07, 6.45) is 0. The predicted octanol–water partition coefficient (Wildman–Crippen LogP) is 11.1. The van der Waals surface area contributed by atoms with Crippen LogP contribution in [0.3, 0.4) is 0 Å². The third-order valence-electron chi connectivity index (χ3n) is 8.55. The first-order valence-electron chi connectivity index (χ1n) is 15.6. The van der Waals surface area contributed by atoms with Gasteiger partial charge in [0, 0.05) is 37.7 Å². The van der Waals surface area contributed by atoms with Crippen molar-refractivity contribution in [2.75, 3.05) is 0 Å². The van der Waals surface area contributed by atoms with Crippen LogP contribution in [0.2, 0.25) is 0 Å². The van der Waals surface area contributed by atoms with Crippen molar-refractivity contribution in [1.29, 1.82) is 0 Å². The second kappa shape index (κ2) is 11.4. The molecule has 0 aliphatic carbocycles. The van der Waals surface area contributed by atoms with Gasteiger partial charge >= 0.3 is 0 Å². The van der Waals surface area contributed by atoms with E-state index < -0.39 is 0 Å². The van der Waals surface area contributed by atoms with E-state index in [0.717, 1.165) is 38.9 Å². The van der Waals surface area contributed by atoms with Crippen LogP contribution in [0.1, 0.15) is 0 Å². The van der Waals surface area contributed by atoms with Crippen LogP contribution in [0.5, 0.6) is 0 Å². The van der Waals surface area contributed by atoms with E-state index in [-0.39, 0.29) is 0 Å². The van der Waals surface area contributed by atoms with Gasteiger partial charge in [-0.25, -0.2) is 19.9 Å². The minimum absolute atomic E-state index is 0.650. The molecule has 9 rings (SSSR count). The first-order valence-corrected chi connectivity index (χ1v) is 16.4. The van der Waals surface area contributed by atoms with Crippen molar-refractivity contribution in [1.82, 2.24) is 19.9 Å². The zero-order valence-corrected chi connectivity index (χ0v) is 26.0. The van der Waals surface area contributed by atoms with Crippen LogP contribution in [-0.2, 0) is 0 Å². The highest BCUT2D eigenvalue weighted by atomic mass is 32.1. The minimum atomic E-state index is 0.650. The molecule has 0 unspecified atom stereocenters. The van der Waals surface area contributed by atoms with Crippen molar-refractivity contribution in [3.8, 4) is 56.4 Å². The number of benzene rings is 6. The Morgan fingerprint density at radius 2 is 0.787 bits per heavy atom. The minimum Gasteiger partial charge on any atom is -0.246 e. The Hall–Kier alpha value is -6.04. The largest absolute Gasteiger partial charge is 0.246 e. The fraction of sp³-hybridized carbons (Fsp3) is 0. The fourth-order valence-electron chi connectivity index (χ4n) is 6.20. The molecule has 0 N–H and O–H groups in total. The quantitative estimate of drug-likeness (QED) is 0.193. The normalized spacial score (nSPS) is 11.4. The van der Waals surface area contributed by atoms with Crippen LogP contribution in [0.15, 0.2) is 158 Å². The molecule has 0 amide bonds. The monoisotopic (exact) mass is 618 g/mol. The molecule has 0 saturated heterocycles. The van der Waals surface area contributed by atoms with E-state index in [4.69, 9.17) is 19.9 Å². The molecule has 220 valence electrons. The summed E-state index contributed by atoms with van der Waals surface area (Å²) in [6, 6.07) is 54.5. The van der Waals surface area contributed by atoms with E-state index in [1.807, 2.05) is 72.0 Å². The molecule has 9 aromatic rings. The van der Waals surface area contributed by atoms with E-state index in [0.29, 0.717) is 17.5 Å². The second-order valence-corrected chi connectivity index (χ2v) is 12.5. The Morgan fingerprint density at radius 1 is 0.340 bits per heavy atom. The molecule has 0 aliphatic heterocycles. The molecule has 3 heterocycles. The summed E-state index contributed by atoms with van der Waals surface area (Å²) in [7, 11) is 0. The van der Waals surface area contributed by atoms with Gasteiger partial charge in [0.15, 0.2) is 17.5 Å². The summed E-state index contributed by atoms with van der Waals surface area (Å²) in [5.41, 5.74) is 9.66. The van der Waals surface area contributed by atoms with Crippen LogP contribution in [0.25, 0.3) is 87.6 Å². The number of aromatic nitrogens is 4. The Morgan fingerprint density at radius 3 is 1.38 bits per heavy atom. The van der Waals surface area contributed by atoms with Crippen LogP contribution < -0.4 is 0 Å². The van der Waals surface area contributed by atoms with Crippen LogP contribution in [0.4, 0.5) is 0 Å². The highest BCUT2D eigenvalue weighted by Gasteiger charge is 2.16. The molecular weight excluding hydrogens is 593 g/mol. The SMILES string of the molecule is c1ccc(-c2nc(-c3ccccc3)nc(-c3ccc(-c4ccc(-c5c6ccccc6nc6c5sc5ccccc56)cc4)cc3)n2)cc1. The van der Waals surface area contributed by atoms with Gasteiger partial charge in [0.2, 0.25) is 0 Å². The predicted molar refractivity (Wildman–Crippen MR) is 195 cm³/mol. The summed E-state index contributed by atoms with van der Waals surface area (Å²) in [4.78, 5) is 19.7. The van der Waals surface area contributed by atoms with Crippen molar-refractivity contribution in [3.63, 3.8) is 0 Å². The standard InChI is InChI=1S/C42H26N4S/c1-3-11-30(12-4-1)40-44-41(31-13-5-2-6-14-31)46-42(45-40)32-25-21-28(22-26-32)27-19-23-29(24-20-27)37-33-15-7-9-17-35(33)43-38-34-16-8-10-18-36(34)47-39(37)38/h1-26H. The van der Waals surface area contributed by atoms with Gasteiger partial charge in [0.1, 0.15) is 0 Å². The summed E-state index contributed by atoms with van der Waals surface area (Å²) < 4.78 is 2.48. The zero-order chi connectivity index (χ0) is 31.2. The lowest BCUT2D eigenvalue weighted by Gasteiger charge is -2.11. The van der Waals surface area contributed by atoms with E-state index in [1.54, 1.807) is 0 Å². The lowest BCUT2D eigenvalue weighted by molar-refractivity contribution is 1.07. The molecule has 0 radical (unpaired) electrons. The number of pyridine rings is 1. The molecule has 0 spiro atoms. The van der Waals surface area contributed by atoms with Crippen LogP contribution >= 0.6 is 11.3 Å². The zero-order valence-electron chi connectivity index (χ0n) is 25.2. The second-order valence-electron chi connectivity index (χ2n) is 11.5. The molecule has 5 heteroatoms. The number of thiophene rings is 1. The van der Waals surface area contributed by atoms with E-state index in [1.165, 1.54) is 31.3 Å². The first kappa shape index (κ1) is 27.3. The third kappa shape index (κ3) is 4.94. The first-order chi connectivity index (χ1) is 23.3. The van der Waals surface area contributed by atoms with Gasteiger partial charge < -0.3 is 0 Å². The highest BCUT2D eigenvalue weighted by molar-refractivity contribution is 7.26. The summed E-state index contributed by atoms with van der Waals surface area (Å²) in [6.45, 7) is 0. The van der Waals surface area contributed by atoms with E-state index in [9.17, 15) is 0 Å². The Kier molecular flexibility index (Phi) is 6.61. The lowest BCUT2D eigenvalue weighted by Crippen LogP contribution is -2.00. The van der Waals surface area contributed by atoms with Gasteiger partial charge in [-0.1, -0.05) is 146 Å². The van der Waals surface area contributed by atoms with Crippen LogP contribution in [0, 0.1) is 0 Å². The molecule has 47 heavy (non-hydrogen) atoms. The average molecular weight is 619 g/mol. The number of fused-ring (bicyclic) bond motifs is 4. The number of nitrogens with zero attached hydrogens (tertiary/aromatic N) is 4. The maximum absolute atomic E-state index is 5.09. The Labute approximate surface area is 275 Å². The lowest BCUT2D eigenvalue weighted by atomic mass is 9.97. The van der Waals surface area contributed by atoms with Gasteiger partial charge in [-0.05, 0) is 28.8 Å². The molecule has 0 fully saturated rings. The van der Waals surface area contributed by atoms with Crippen molar-refractivity contribution in [3.05, 3.63) is 158 Å². The summed E-state index contributed by atoms with van der Waals surface area (Å²) in [5, 5.41) is 2.38.